The van der Waals surface area contributed by atoms with E-state index in [9.17, 15) is 9.59 Å². The highest BCUT2D eigenvalue weighted by molar-refractivity contribution is 5.95. The van der Waals surface area contributed by atoms with Gasteiger partial charge in [0.15, 0.2) is 5.69 Å². The molecule has 0 saturated carbocycles. The summed E-state index contributed by atoms with van der Waals surface area (Å²) in [5.74, 6) is -1.49. The first-order valence-electron chi connectivity index (χ1n) is 7.33. The van der Waals surface area contributed by atoms with Gasteiger partial charge < -0.3 is 10.4 Å². The quantitative estimate of drug-likeness (QED) is 0.897. The molecule has 0 aliphatic heterocycles. The number of carbonyl (C=O) groups excluding carboxylic acids is 1. The minimum atomic E-state index is -1.07. The molecule has 3 rings (SSSR count). The van der Waals surface area contributed by atoms with Crippen molar-refractivity contribution in [2.75, 3.05) is 6.54 Å². The summed E-state index contributed by atoms with van der Waals surface area (Å²) in [6.07, 6.45) is 3.77. The van der Waals surface area contributed by atoms with Crippen LogP contribution in [0.3, 0.4) is 0 Å². The molecular formula is C16H17N3O3. The van der Waals surface area contributed by atoms with Gasteiger partial charge in [0.1, 0.15) is 6.54 Å². The van der Waals surface area contributed by atoms with Crippen LogP contribution in [0.2, 0.25) is 0 Å². The highest BCUT2D eigenvalue weighted by Gasteiger charge is 2.25. The molecule has 1 heterocycles. The van der Waals surface area contributed by atoms with Crippen molar-refractivity contribution in [2.45, 2.75) is 25.7 Å². The van der Waals surface area contributed by atoms with Crippen molar-refractivity contribution in [3.63, 3.8) is 0 Å². The van der Waals surface area contributed by atoms with Crippen molar-refractivity contribution in [1.82, 2.24) is 15.1 Å². The Kier molecular flexibility index (Phi) is 3.91. The van der Waals surface area contributed by atoms with E-state index in [1.807, 2.05) is 35.0 Å². The Morgan fingerprint density at radius 2 is 1.91 bits per heavy atom. The van der Waals surface area contributed by atoms with E-state index < -0.39 is 18.4 Å². The molecule has 0 spiro atoms. The number of carbonyl (C=O) groups is 2. The summed E-state index contributed by atoms with van der Waals surface area (Å²) in [5.41, 5.74) is 3.26. The summed E-state index contributed by atoms with van der Waals surface area (Å²) < 4.78 is 1.81. The van der Waals surface area contributed by atoms with Gasteiger partial charge in [0.05, 0.1) is 5.69 Å². The lowest BCUT2D eigenvalue weighted by molar-refractivity contribution is -0.135. The van der Waals surface area contributed by atoms with Crippen LogP contribution in [0.5, 0.6) is 0 Å². The number of carboxylic acid groups (broad SMARTS) is 1. The molecule has 1 aromatic carbocycles. The topological polar surface area (TPSA) is 84.2 Å². The van der Waals surface area contributed by atoms with Crippen molar-refractivity contribution < 1.29 is 14.7 Å². The van der Waals surface area contributed by atoms with Crippen LogP contribution in [0, 0.1) is 0 Å². The lowest BCUT2D eigenvalue weighted by Gasteiger charge is -2.14. The number of hydrogen-bond donors (Lipinski definition) is 2. The Morgan fingerprint density at radius 3 is 2.64 bits per heavy atom. The maximum absolute atomic E-state index is 12.2. The Labute approximate surface area is 127 Å². The van der Waals surface area contributed by atoms with Crippen LogP contribution in [-0.2, 0) is 17.6 Å². The Hall–Kier alpha value is -2.63. The van der Waals surface area contributed by atoms with Crippen LogP contribution >= 0.6 is 0 Å². The average Bonchev–Trinajstić information content (AvgIpc) is 2.93. The zero-order valence-corrected chi connectivity index (χ0v) is 12.1. The summed E-state index contributed by atoms with van der Waals surface area (Å²) in [5, 5.41) is 15.5. The van der Waals surface area contributed by atoms with E-state index in [0.29, 0.717) is 5.69 Å². The third-order valence-corrected chi connectivity index (χ3v) is 3.80. The van der Waals surface area contributed by atoms with Crippen LogP contribution in [0.4, 0.5) is 0 Å². The molecule has 1 aromatic heterocycles. The molecule has 6 nitrogen and oxygen atoms in total. The number of rotatable bonds is 4. The molecule has 1 amide bonds. The fourth-order valence-corrected chi connectivity index (χ4v) is 2.80. The molecule has 22 heavy (non-hydrogen) atoms. The fourth-order valence-electron chi connectivity index (χ4n) is 2.80. The van der Waals surface area contributed by atoms with Crippen molar-refractivity contribution >= 4 is 11.9 Å². The molecule has 2 aromatic rings. The monoisotopic (exact) mass is 299 g/mol. The van der Waals surface area contributed by atoms with Gasteiger partial charge in [-0.2, -0.15) is 5.10 Å². The van der Waals surface area contributed by atoms with Crippen LogP contribution in [0.25, 0.3) is 5.69 Å². The minimum Gasteiger partial charge on any atom is -0.480 e. The van der Waals surface area contributed by atoms with E-state index in [4.69, 9.17) is 5.11 Å². The SMILES string of the molecule is O=C(O)CNC(=O)c1nn(-c2ccccc2)c2c1CCCC2. The second-order valence-corrected chi connectivity index (χ2v) is 5.30. The van der Waals surface area contributed by atoms with Crippen LogP contribution in [0.1, 0.15) is 34.6 Å². The molecule has 0 fully saturated rings. The molecule has 0 bridgehead atoms. The molecule has 0 atom stereocenters. The minimum absolute atomic E-state index is 0.347. The zero-order chi connectivity index (χ0) is 15.5. The standard InChI is InChI=1S/C16H17N3O3/c20-14(21)10-17-16(22)15-12-8-4-5-9-13(12)19(18-15)11-6-2-1-3-7-11/h1-3,6-7H,4-5,8-10H2,(H,17,22)(H,20,21). The molecule has 0 unspecified atom stereocenters. The highest BCUT2D eigenvalue weighted by Crippen LogP contribution is 2.26. The van der Waals surface area contributed by atoms with Crippen LogP contribution in [0.15, 0.2) is 30.3 Å². The normalized spacial score (nSPS) is 13.5. The number of carboxylic acids is 1. The van der Waals surface area contributed by atoms with Crippen molar-refractivity contribution in [2.24, 2.45) is 0 Å². The highest BCUT2D eigenvalue weighted by atomic mass is 16.4. The lowest BCUT2D eigenvalue weighted by Crippen LogP contribution is -2.30. The Morgan fingerprint density at radius 1 is 1.18 bits per heavy atom. The summed E-state index contributed by atoms with van der Waals surface area (Å²) in [6, 6.07) is 9.67. The first-order chi connectivity index (χ1) is 10.7. The number of aromatic nitrogens is 2. The molecule has 6 heteroatoms. The smallest absolute Gasteiger partial charge is 0.322 e. The van der Waals surface area contributed by atoms with E-state index in [2.05, 4.69) is 10.4 Å². The van der Waals surface area contributed by atoms with Gasteiger partial charge in [-0.1, -0.05) is 18.2 Å². The number of nitrogens with zero attached hydrogens (tertiary/aromatic N) is 2. The number of aliphatic carboxylic acids is 1. The number of benzene rings is 1. The fraction of sp³-hybridized carbons (Fsp3) is 0.312. The van der Waals surface area contributed by atoms with Gasteiger partial charge in [-0.3, -0.25) is 9.59 Å². The molecule has 2 N–H and O–H groups in total. The van der Waals surface area contributed by atoms with Gasteiger partial charge in [-0.05, 0) is 37.8 Å². The third-order valence-electron chi connectivity index (χ3n) is 3.80. The molecular weight excluding hydrogens is 282 g/mol. The largest absolute Gasteiger partial charge is 0.480 e. The zero-order valence-electron chi connectivity index (χ0n) is 12.1. The average molecular weight is 299 g/mol. The summed E-state index contributed by atoms with van der Waals surface area (Å²) in [7, 11) is 0. The molecule has 0 radical (unpaired) electrons. The molecule has 1 aliphatic rings. The second kappa shape index (κ2) is 6.01. The van der Waals surface area contributed by atoms with E-state index in [1.54, 1.807) is 0 Å². The van der Waals surface area contributed by atoms with Gasteiger partial charge in [0, 0.05) is 11.3 Å². The maximum atomic E-state index is 12.2. The van der Waals surface area contributed by atoms with Crippen molar-refractivity contribution in [1.29, 1.82) is 0 Å². The predicted octanol–water partition coefficient (Wildman–Crippen LogP) is 1.57. The Balaban J connectivity index is 1.99. The summed E-state index contributed by atoms with van der Waals surface area (Å²) >= 11 is 0. The third kappa shape index (κ3) is 2.72. The van der Waals surface area contributed by atoms with Crippen LogP contribution < -0.4 is 5.32 Å². The van der Waals surface area contributed by atoms with E-state index in [-0.39, 0.29) is 0 Å². The number of hydrogen-bond acceptors (Lipinski definition) is 3. The molecule has 1 aliphatic carbocycles. The van der Waals surface area contributed by atoms with Gasteiger partial charge in [0.2, 0.25) is 0 Å². The molecule has 114 valence electrons. The van der Waals surface area contributed by atoms with E-state index in [0.717, 1.165) is 42.6 Å². The summed E-state index contributed by atoms with van der Waals surface area (Å²) in [4.78, 5) is 22.8. The number of fused-ring (bicyclic) bond motifs is 1. The van der Waals surface area contributed by atoms with E-state index in [1.165, 1.54) is 0 Å². The van der Waals surface area contributed by atoms with Gasteiger partial charge in [-0.25, -0.2) is 4.68 Å². The number of amides is 1. The lowest BCUT2D eigenvalue weighted by atomic mass is 9.95. The Bertz CT molecular complexity index is 707. The molecule has 0 saturated heterocycles. The van der Waals surface area contributed by atoms with Crippen molar-refractivity contribution in [3.8, 4) is 5.69 Å². The number of para-hydroxylation sites is 1. The summed E-state index contributed by atoms with van der Waals surface area (Å²) in [6.45, 7) is -0.397. The van der Waals surface area contributed by atoms with Gasteiger partial charge in [0.25, 0.3) is 5.91 Å². The first-order valence-corrected chi connectivity index (χ1v) is 7.33. The number of nitrogens with one attached hydrogen (secondary N) is 1. The van der Waals surface area contributed by atoms with Crippen LogP contribution in [-0.4, -0.2) is 33.3 Å². The van der Waals surface area contributed by atoms with Gasteiger partial charge in [-0.15, -0.1) is 0 Å². The van der Waals surface area contributed by atoms with E-state index >= 15 is 0 Å². The predicted molar refractivity (Wildman–Crippen MR) is 80.2 cm³/mol. The second-order valence-electron chi connectivity index (χ2n) is 5.30. The van der Waals surface area contributed by atoms with Crippen molar-refractivity contribution in [3.05, 3.63) is 47.3 Å². The van der Waals surface area contributed by atoms with Gasteiger partial charge >= 0.3 is 5.97 Å². The maximum Gasteiger partial charge on any atom is 0.322 e. The first kappa shape index (κ1) is 14.3.